The standard InChI is InChI=1S/C11H23N/c1-8(10(3)12)7-9(2)11(4,5)6/h9-10H,1,7,12H2,2-6H3. The van der Waals surface area contributed by atoms with E-state index in [0.29, 0.717) is 11.3 Å². The van der Waals surface area contributed by atoms with Crippen LogP contribution in [0.2, 0.25) is 0 Å². The van der Waals surface area contributed by atoms with Gasteiger partial charge in [0, 0.05) is 6.04 Å². The van der Waals surface area contributed by atoms with Gasteiger partial charge in [-0.05, 0) is 24.7 Å². The molecule has 0 aliphatic heterocycles. The van der Waals surface area contributed by atoms with Crippen molar-refractivity contribution in [2.75, 3.05) is 0 Å². The molecule has 0 aliphatic rings. The lowest BCUT2D eigenvalue weighted by Crippen LogP contribution is -2.23. The van der Waals surface area contributed by atoms with Crippen LogP contribution < -0.4 is 5.73 Å². The molecule has 0 bridgehead atoms. The highest BCUT2D eigenvalue weighted by Crippen LogP contribution is 2.30. The lowest BCUT2D eigenvalue weighted by atomic mass is 9.78. The monoisotopic (exact) mass is 169 g/mol. The first-order valence-electron chi connectivity index (χ1n) is 4.68. The zero-order chi connectivity index (χ0) is 9.94. The highest BCUT2D eigenvalue weighted by atomic mass is 14.6. The summed E-state index contributed by atoms with van der Waals surface area (Å²) in [6.45, 7) is 15.0. The number of hydrogen-bond acceptors (Lipinski definition) is 1. The molecule has 0 fully saturated rings. The van der Waals surface area contributed by atoms with E-state index in [2.05, 4.69) is 34.3 Å². The summed E-state index contributed by atoms with van der Waals surface area (Å²) < 4.78 is 0. The minimum atomic E-state index is 0.134. The summed E-state index contributed by atoms with van der Waals surface area (Å²) in [5.41, 5.74) is 7.25. The van der Waals surface area contributed by atoms with Crippen molar-refractivity contribution in [3.8, 4) is 0 Å². The van der Waals surface area contributed by atoms with Crippen LogP contribution in [0.25, 0.3) is 0 Å². The van der Waals surface area contributed by atoms with Crippen LogP contribution in [0.3, 0.4) is 0 Å². The predicted molar refractivity (Wildman–Crippen MR) is 56.0 cm³/mol. The maximum atomic E-state index is 5.73. The summed E-state index contributed by atoms with van der Waals surface area (Å²) >= 11 is 0. The Bertz CT molecular complexity index is 151. The number of rotatable bonds is 3. The van der Waals surface area contributed by atoms with Gasteiger partial charge >= 0.3 is 0 Å². The van der Waals surface area contributed by atoms with E-state index in [4.69, 9.17) is 5.73 Å². The van der Waals surface area contributed by atoms with E-state index < -0.39 is 0 Å². The molecule has 0 spiro atoms. The van der Waals surface area contributed by atoms with Gasteiger partial charge in [-0.3, -0.25) is 0 Å². The van der Waals surface area contributed by atoms with Crippen LogP contribution in [0.15, 0.2) is 12.2 Å². The average molecular weight is 169 g/mol. The van der Waals surface area contributed by atoms with Crippen molar-refractivity contribution in [1.82, 2.24) is 0 Å². The fraction of sp³-hybridized carbons (Fsp3) is 0.818. The molecule has 0 amide bonds. The SMILES string of the molecule is C=C(CC(C)C(C)(C)C)C(C)N. The van der Waals surface area contributed by atoms with Crippen LogP contribution in [-0.4, -0.2) is 6.04 Å². The fourth-order valence-corrected chi connectivity index (χ4v) is 0.885. The molecule has 1 nitrogen and oxygen atoms in total. The molecule has 2 atom stereocenters. The van der Waals surface area contributed by atoms with Crippen molar-refractivity contribution in [2.45, 2.75) is 47.1 Å². The Labute approximate surface area is 77.0 Å². The summed E-state index contributed by atoms with van der Waals surface area (Å²) in [6, 6.07) is 0.134. The van der Waals surface area contributed by atoms with Gasteiger partial charge in [-0.25, -0.2) is 0 Å². The first-order chi connectivity index (χ1) is 5.25. The molecule has 72 valence electrons. The van der Waals surface area contributed by atoms with Gasteiger partial charge in [-0.15, -0.1) is 0 Å². The Morgan fingerprint density at radius 3 is 2.00 bits per heavy atom. The van der Waals surface area contributed by atoms with Gasteiger partial charge < -0.3 is 5.73 Å². The summed E-state index contributed by atoms with van der Waals surface area (Å²) in [5.74, 6) is 0.649. The van der Waals surface area contributed by atoms with Crippen molar-refractivity contribution >= 4 is 0 Å². The normalized spacial score (nSPS) is 17.2. The van der Waals surface area contributed by atoms with Gasteiger partial charge in [0.05, 0.1) is 0 Å². The van der Waals surface area contributed by atoms with Gasteiger partial charge in [0.15, 0.2) is 0 Å². The first-order valence-corrected chi connectivity index (χ1v) is 4.68. The van der Waals surface area contributed by atoms with E-state index in [9.17, 15) is 0 Å². The van der Waals surface area contributed by atoms with Gasteiger partial charge in [-0.1, -0.05) is 39.8 Å². The summed E-state index contributed by atoms with van der Waals surface area (Å²) in [4.78, 5) is 0. The lowest BCUT2D eigenvalue weighted by molar-refractivity contribution is 0.257. The lowest BCUT2D eigenvalue weighted by Gasteiger charge is -2.28. The van der Waals surface area contributed by atoms with Crippen molar-refractivity contribution < 1.29 is 0 Å². The third-order valence-corrected chi connectivity index (χ3v) is 2.69. The number of nitrogens with two attached hydrogens (primary N) is 1. The fourth-order valence-electron chi connectivity index (χ4n) is 0.885. The number of hydrogen-bond donors (Lipinski definition) is 1. The van der Waals surface area contributed by atoms with E-state index in [1.807, 2.05) is 6.92 Å². The molecule has 0 aromatic carbocycles. The van der Waals surface area contributed by atoms with Crippen molar-refractivity contribution in [1.29, 1.82) is 0 Å². The molecular weight excluding hydrogens is 146 g/mol. The second-order valence-electron chi connectivity index (χ2n) is 4.92. The van der Waals surface area contributed by atoms with Gasteiger partial charge in [0.25, 0.3) is 0 Å². The molecule has 0 heterocycles. The minimum Gasteiger partial charge on any atom is -0.324 e. The molecule has 0 aromatic heterocycles. The molecule has 0 aromatic rings. The van der Waals surface area contributed by atoms with Crippen molar-refractivity contribution in [3.63, 3.8) is 0 Å². The quantitative estimate of drug-likeness (QED) is 0.646. The summed E-state index contributed by atoms with van der Waals surface area (Å²) in [7, 11) is 0. The average Bonchev–Trinajstić information content (AvgIpc) is 1.85. The smallest absolute Gasteiger partial charge is 0.0222 e. The van der Waals surface area contributed by atoms with E-state index >= 15 is 0 Å². The Kier molecular flexibility index (Phi) is 3.98. The highest BCUT2D eigenvalue weighted by Gasteiger charge is 2.20. The molecule has 2 unspecified atom stereocenters. The van der Waals surface area contributed by atoms with E-state index in [0.717, 1.165) is 12.0 Å². The maximum Gasteiger partial charge on any atom is 0.0222 e. The molecule has 0 saturated carbocycles. The van der Waals surface area contributed by atoms with E-state index in [-0.39, 0.29) is 6.04 Å². The molecule has 12 heavy (non-hydrogen) atoms. The molecule has 0 aliphatic carbocycles. The van der Waals surface area contributed by atoms with Crippen molar-refractivity contribution in [3.05, 3.63) is 12.2 Å². The van der Waals surface area contributed by atoms with Crippen LogP contribution in [0, 0.1) is 11.3 Å². The Morgan fingerprint density at radius 2 is 1.75 bits per heavy atom. The first kappa shape index (κ1) is 11.7. The maximum absolute atomic E-state index is 5.73. The van der Waals surface area contributed by atoms with Crippen molar-refractivity contribution in [2.24, 2.45) is 17.1 Å². The molecule has 1 heteroatoms. The predicted octanol–water partition coefficient (Wildman–Crippen LogP) is 2.96. The molecule has 0 radical (unpaired) electrons. The van der Waals surface area contributed by atoms with E-state index in [1.165, 1.54) is 0 Å². The van der Waals surface area contributed by atoms with Gasteiger partial charge in [0.2, 0.25) is 0 Å². The van der Waals surface area contributed by atoms with Crippen LogP contribution in [-0.2, 0) is 0 Å². The second-order valence-corrected chi connectivity index (χ2v) is 4.92. The van der Waals surface area contributed by atoms with Crippen LogP contribution in [0.1, 0.15) is 41.0 Å². The third-order valence-electron chi connectivity index (χ3n) is 2.69. The van der Waals surface area contributed by atoms with Gasteiger partial charge in [-0.2, -0.15) is 0 Å². The molecular formula is C11H23N. The summed E-state index contributed by atoms with van der Waals surface area (Å²) in [5, 5.41) is 0. The zero-order valence-corrected chi connectivity index (χ0v) is 9.15. The summed E-state index contributed by atoms with van der Waals surface area (Å²) in [6.07, 6.45) is 1.04. The Balaban J connectivity index is 4.02. The van der Waals surface area contributed by atoms with E-state index in [1.54, 1.807) is 0 Å². The molecule has 0 rings (SSSR count). The van der Waals surface area contributed by atoms with Crippen LogP contribution >= 0.6 is 0 Å². The third kappa shape index (κ3) is 3.91. The largest absolute Gasteiger partial charge is 0.324 e. The molecule has 0 saturated heterocycles. The highest BCUT2D eigenvalue weighted by molar-refractivity contribution is 5.03. The van der Waals surface area contributed by atoms with Crippen LogP contribution in [0.4, 0.5) is 0 Å². The minimum absolute atomic E-state index is 0.134. The Morgan fingerprint density at radius 1 is 1.33 bits per heavy atom. The van der Waals surface area contributed by atoms with Crippen LogP contribution in [0.5, 0.6) is 0 Å². The second kappa shape index (κ2) is 4.08. The van der Waals surface area contributed by atoms with Gasteiger partial charge in [0.1, 0.15) is 0 Å². The molecule has 2 N–H and O–H groups in total. The zero-order valence-electron chi connectivity index (χ0n) is 9.15. The Hall–Kier alpha value is -0.300. The topological polar surface area (TPSA) is 26.0 Å².